The van der Waals surface area contributed by atoms with Crippen molar-refractivity contribution in [3.8, 4) is 0 Å². The fourth-order valence-corrected chi connectivity index (χ4v) is 3.17. The second-order valence-electron chi connectivity index (χ2n) is 6.18. The van der Waals surface area contributed by atoms with Crippen molar-refractivity contribution in [3.63, 3.8) is 0 Å². The van der Waals surface area contributed by atoms with Crippen LogP contribution in [0, 0.1) is 6.92 Å². The van der Waals surface area contributed by atoms with E-state index in [1.165, 1.54) is 19.3 Å². The van der Waals surface area contributed by atoms with E-state index >= 15 is 0 Å². The number of carbonyl (C=O) groups is 1. The zero-order chi connectivity index (χ0) is 14.8. The molecule has 4 nitrogen and oxygen atoms in total. The Labute approximate surface area is 122 Å². The monoisotopic (exact) mass is 277 g/mol. The molecule has 0 N–H and O–H groups in total. The van der Waals surface area contributed by atoms with E-state index in [0.717, 1.165) is 30.9 Å². The highest BCUT2D eigenvalue weighted by Crippen LogP contribution is 2.26. The van der Waals surface area contributed by atoms with E-state index in [1.54, 1.807) is 0 Å². The molecule has 0 amide bonds. The number of hydrogen-bond acceptors (Lipinski definition) is 3. The quantitative estimate of drug-likeness (QED) is 0.830. The van der Waals surface area contributed by atoms with Gasteiger partial charge in [0.15, 0.2) is 5.78 Å². The SMILES string of the molecule is CCC(C)(C(=O)Cc1cc(C)nn1C)N1CCCCC1. The second kappa shape index (κ2) is 6.08. The van der Waals surface area contributed by atoms with Crippen LogP contribution in [-0.4, -0.2) is 39.1 Å². The van der Waals surface area contributed by atoms with Gasteiger partial charge in [-0.15, -0.1) is 0 Å². The number of nitrogens with zero attached hydrogens (tertiary/aromatic N) is 3. The minimum atomic E-state index is -0.321. The Morgan fingerprint density at radius 1 is 1.35 bits per heavy atom. The summed E-state index contributed by atoms with van der Waals surface area (Å²) in [5.74, 6) is 0.324. The van der Waals surface area contributed by atoms with Gasteiger partial charge in [-0.05, 0) is 52.3 Å². The van der Waals surface area contributed by atoms with Gasteiger partial charge in [0.25, 0.3) is 0 Å². The first-order chi connectivity index (χ1) is 9.47. The van der Waals surface area contributed by atoms with Gasteiger partial charge in [0, 0.05) is 12.7 Å². The lowest BCUT2D eigenvalue weighted by Gasteiger charge is -2.42. The van der Waals surface area contributed by atoms with E-state index in [4.69, 9.17) is 0 Å². The molecular formula is C16H27N3O. The van der Waals surface area contributed by atoms with Gasteiger partial charge in [0.1, 0.15) is 0 Å². The lowest BCUT2D eigenvalue weighted by molar-refractivity contribution is -0.130. The summed E-state index contributed by atoms with van der Waals surface area (Å²) in [6.45, 7) is 8.32. The summed E-state index contributed by atoms with van der Waals surface area (Å²) in [7, 11) is 1.92. The Hall–Kier alpha value is -1.16. The molecule has 2 rings (SSSR count). The third-order valence-electron chi connectivity index (χ3n) is 4.78. The number of rotatable bonds is 5. The predicted molar refractivity (Wildman–Crippen MR) is 80.8 cm³/mol. The van der Waals surface area contributed by atoms with E-state index in [2.05, 4.69) is 23.8 Å². The Balaban J connectivity index is 2.13. The second-order valence-corrected chi connectivity index (χ2v) is 6.18. The lowest BCUT2D eigenvalue weighted by Crippen LogP contribution is -2.54. The van der Waals surface area contributed by atoms with Gasteiger partial charge < -0.3 is 0 Å². The molecule has 20 heavy (non-hydrogen) atoms. The molecule has 0 radical (unpaired) electrons. The standard InChI is InChI=1S/C16H27N3O/c1-5-16(3,19-9-7-6-8-10-19)15(20)12-14-11-13(2)17-18(14)4/h11H,5-10,12H2,1-4H3. The average molecular weight is 277 g/mol. The summed E-state index contributed by atoms with van der Waals surface area (Å²) in [6, 6.07) is 2.02. The molecular weight excluding hydrogens is 250 g/mol. The number of Topliss-reactive ketones (excluding diaryl/α,β-unsaturated/α-hetero) is 1. The smallest absolute Gasteiger partial charge is 0.158 e. The van der Waals surface area contributed by atoms with Crippen LogP contribution >= 0.6 is 0 Å². The van der Waals surface area contributed by atoms with Crippen LogP contribution in [0.1, 0.15) is 50.9 Å². The largest absolute Gasteiger partial charge is 0.297 e. The predicted octanol–water partition coefficient (Wildman–Crippen LogP) is 2.49. The van der Waals surface area contributed by atoms with Crippen LogP contribution in [0.5, 0.6) is 0 Å². The summed E-state index contributed by atoms with van der Waals surface area (Å²) in [4.78, 5) is 15.2. The zero-order valence-corrected chi connectivity index (χ0v) is 13.3. The normalized spacial score (nSPS) is 19.8. The molecule has 4 heteroatoms. The lowest BCUT2D eigenvalue weighted by atomic mass is 9.86. The third-order valence-corrected chi connectivity index (χ3v) is 4.78. The van der Waals surface area contributed by atoms with E-state index in [-0.39, 0.29) is 5.54 Å². The van der Waals surface area contributed by atoms with Crippen molar-refractivity contribution >= 4 is 5.78 Å². The van der Waals surface area contributed by atoms with Crippen LogP contribution in [-0.2, 0) is 18.3 Å². The van der Waals surface area contributed by atoms with Gasteiger partial charge in [-0.25, -0.2) is 0 Å². The number of ketones is 1. The summed E-state index contributed by atoms with van der Waals surface area (Å²) in [5.41, 5.74) is 1.68. The Morgan fingerprint density at radius 2 is 2.00 bits per heavy atom. The molecule has 1 aromatic heterocycles. The number of piperidine rings is 1. The van der Waals surface area contributed by atoms with Crippen LogP contribution in [0.4, 0.5) is 0 Å². The zero-order valence-electron chi connectivity index (χ0n) is 13.3. The molecule has 112 valence electrons. The molecule has 2 heterocycles. The maximum Gasteiger partial charge on any atom is 0.158 e. The van der Waals surface area contributed by atoms with Crippen molar-refractivity contribution in [3.05, 3.63) is 17.5 Å². The van der Waals surface area contributed by atoms with Gasteiger partial charge in [0.05, 0.1) is 17.7 Å². The highest BCUT2D eigenvalue weighted by atomic mass is 16.1. The van der Waals surface area contributed by atoms with Crippen molar-refractivity contribution < 1.29 is 4.79 Å². The summed E-state index contributed by atoms with van der Waals surface area (Å²) in [5, 5.41) is 4.34. The molecule has 0 aromatic carbocycles. The Morgan fingerprint density at radius 3 is 2.50 bits per heavy atom. The first kappa shape index (κ1) is 15.2. The number of aryl methyl sites for hydroxylation is 2. The van der Waals surface area contributed by atoms with Crippen LogP contribution in [0.2, 0.25) is 0 Å². The number of hydrogen-bond donors (Lipinski definition) is 0. The van der Waals surface area contributed by atoms with Gasteiger partial charge in [-0.1, -0.05) is 13.3 Å². The highest BCUT2D eigenvalue weighted by Gasteiger charge is 2.37. The van der Waals surface area contributed by atoms with Crippen molar-refractivity contribution in [1.29, 1.82) is 0 Å². The Bertz CT molecular complexity index is 474. The number of aromatic nitrogens is 2. The van der Waals surface area contributed by atoms with Crippen LogP contribution in [0.15, 0.2) is 6.07 Å². The molecule has 1 aliphatic heterocycles. The molecule has 1 aliphatic rings. The first-order valence-corrected chi connectivity index (χ1v) is 7.75. The fraction of sp³-hybridized carbons (Fsp3) is 0.750. The summed E-state index contributed by atoms with van der Waals surface area (Å²) < 4.78 is 1.83. The molecule has 1 atom stereocenters. The third kappa shape index (κ3) is 2.95. The molecule has 1 unspecified atom stereocenters. The summed E-state index contributed by atoms with van der Waals surface area (Å²) in [6.07, 6.45) is 5.09. The number of likely N-dealkylation sites (tertiary alicyclic amines) is 1. The number of carbonyl (C=O) groups excluding carboxylic acids is 1. The molecule has 0 saturated carbocycles. The van der Waals surface area contributed by atoms with Gasteiger partial charge in [0.2, 0.25) is 0 Å². The van der Waals surface area contributed by atoms with Gasteiger partial charge in [-0.3, -0.25) is 14.4 Å². The highest BCUT2D eigenvalue weighted by molar-refractivity contribution is 5.89. The van der Waals surface area contributed by atoms with Crippen molar-refractivity contribution in [1.82, 2.24) is 14.7 Å². The fourth-order valence-electron chi connectivity index (χ4n) is 3.17. The van der Waals surface area contributed by atoms with Crippen LogP contribution < -0.4 is 0 Å². The molecule has 1 aromatic rings. The molecule has 0 aliphatic carbocycles. The minimum Gasteiger partial charge on any atom is -0.297 e. The molecule has 1 fully saturated rings. The van der Waals surface area contributed by atoms with E-state index in [1.807, 2.05) is 24.7 Å². The molecule has 1 saturated heterocycles. The van der Waals surface area contributed by atoms with Crippen LogP contribution in [0.3, 0.4) is 0 Å². The van der Waals surface area contributed by atoms with Gasteiger partial charge in [-0.2, -0.15) is 5.10 Å². The van der Waals surface area contributed by atoms with Crippen molar-refractivity contribution in [2.24, 2.45) is 7.05 Å². The maximum atomic E-state index is 12.8. The van der Waals surface area contributed by atoms with E-state index in [0.29, 0.717) is 12.2 Å². The molecule has 0 bridgehead atoms. The van der Waals surface area contributed by atoms with Crippen molar-refractivity contribution in [2.75, 3.05) is 13.1 Å². The maximum absolute atomic E-state index is 12.8. The first-order valence-electron chi connectivity index (χ1n) is 7.75. The van der Waals surface area contributed by atoms with E-state index in [9.17, 15) is 4.79 Å². The molecule has 0 spiro atoms. The minimum absolute atomic E-state index is 0.321. The van der Waals surface area contributed by atoms with Crippen molar-refractivity contribution in [2.45, 2.75) is 58.4 Å². The van der Waals surface area contributed by atoms with Crippen LogP contribution in [0.25, 0.3) is 0 Å². The average Bonchev–Trinajstić information content (AvgIpc) is 2.76. The van der Waals surface area contributed by atoms with E-state index < -0.39 is 0 Å². The van der Waals surface area contributed by atoms with Gasteiger partial charge >= 0.3 is 0 Å². The topological polar surface area (TPSA) is 38.1 Å². The Kier molecular flexibility index (Phi) is 4.63. The summed E-state index contributed by atoms with van der Waals surface area (Å²) >= 11 is 0.